The van der Waals surface area contributed by atoms with Crippen LogP contribution < -0.4 is 0 Å². The normalized spacial score (nSPS) is 12.2. The fraction of sp³-hybridized carbons (Fsp3) is 0.357. The molecule has 4 nitrogen and oxygen atoms in total. The van der Waals surface area contributed by atoms with Crippen LogP contribution in [0.4, 0.5) is 13.2 Å². The third kappa shape index (κ3) is 3.50. The Morgan fingerprint density at radius 2 is 1.91 bits per heavy atom. The van der Waals surface area contributed by atoms with E-state index in [9.17, 15) is 13.2 Å². The van der Waals surface area contributed by atoms with Gasteiger partial charge in [-0.15, -0.1) is 10.2 Å². The third-order valence-corrected chi connectivity index (χ3v) is 5.20. The van der Waals surface area contributed by atoms with Crippen LogP contribution in [0.2, 0.25) is 0 Å². The molecule has 0 spiro atoms. The summed E-state index contributed by atoms with van der Waals surface area (Å²) in [6, 6.07) is 4.99. The third-order valence-electron chi connectivity index (χ3n) is 3.09. The summed E-state index contributed by atoms with van der Waals surface area (Å²) in [5.41, 5.74) is -0.0263. The van der Waals surface area contributed by atoms with E-state index in [-0.39, 0.29) is 0 Å². The molecule has 2 aromatic heterocycles. The highest BCUT2D eigenvalue weighted by Gasteiger charge is 2.30. The maximum Gasteiger partial charge on any atom is 0.416 e. The summed E-state index contributed by atoms with van der Waals surface area (Å²) in [6.45, 7) is 2.11. The lowest BCUT2D eigenvalue weighted by Crippen LogP contribution is -2.04. The Kier molecular flexibility index (Phi) is 4.58. The fourth-order valence-corrected chi connectivity index (χ4v) is 3.63. The zero-order valence-electron chi connectivity index (χ0n) is 12.2. The van der Waals surface area contributed by atoms with Gasteiger partial charge in [-0.25, -0.2) is 0 Å². The quantitative estimate of drug-likeness (QED) is 0.629. The average Bonchev–Trinajstić information content (AvgIpc) is 3.08. The monoisotopic (exact) mass is 358 g/mol. The predicted octanol–water partition coefficient (Wildman–Crippen LogP) is 4.51. The average molecular weight is 358 g/mol. The second-order valence-corrected chi connectivity index (χ2v) is 6.91. The van der Waals surface area contributed by atoms with Crippen molar-refractivity contribution in [3.05, 3.63) is 35.7 Å². The van der Waals surface area contributed by atoms with E-state index in [1.54, 1.807) is 16.3 Å². The Hall–Kier alpha value is -1.61. The highest BCUT2D eigenvalue weighted by Crippen LogP contribution is 2.32. The first-order chi connectivity index (χ1) is 11.0. The molecule has 1 aromatic carbocycles. The SMILES string of the molecule is CCCSCc1nnc2sc(-c3ccc(C(F)(F)F)cc3)nn12. The summed E-state index contributed by atoms with van der Waals surface area (Å²) < 4.78 is 39.5. The van der Waals surface area contributed by atoms with Crippen LogP contribution in [0.5, 0.6) is 0 Å². The number of hydrogen-bond acceptors (Lipinski definition) is 5. The fourth-order valence-electron chi connectivity index (χ4n) is 1.97. The van der Waals surface area contributed by atoms with Crippen LogP contribution in [0.25, 0.3) is 15.5 Å². The molecule has 23 heavy (non-hydrogen) atoms. The highest BCUT2D eigenvalue weighted by atomic mass is 32.2. The van der Waals surface area contributed by atoms with Crippen LogP contribution in [0.1, 0.15) is 24.7 Å². The molecule has 0 aliphatic carbocycles. The summed E-state index contributed by atoms with van der Waals surface area (Å²) >= 11 is 3.06. The van der Waals surface area contributed by atoms with Gasteiger partial charge in [0.1, 0.15) is 5.01 Å². The van der Waals surface area contributed by atoms with Gasteiger partial charge in [0.2, 0.25) is 4.96 Å². The molecule has 0 bridgehead atoms. The van der Waals surface area contributed by atoms with Crippen molar-refractivity contribution in [2.45, 2.75) is 25.3 Å². The van der Waals surface area contributed by atoms with Crippen molar-refractivity contribution in [3.63, 3.8) is 0 Å². The molecule has 0 radical (unpaired) electrons. The molecule has 9 heteroatoms. The van der Waals surface area contributed by atoms with E-state index in [0.717, 1.165) is 30.1 Å². The molecule has 0 aliphatic rings. The van der Waals surface area contributed by atoms with Gasteiger partial charge in [-0.05, 0) is 24.3 Å². The second kappa shape index (κ2) is 6.48. The molecule has 0 atom stereocenters. The lowest BCUT2D eigenvalue weighted by atomic mass is 10.1. The Morgan fingerprint density at radius 3 is 2.57 bits per heavy atom. The smallest absolute Gasteiger partial charge is 0.186 e. The minimum atomic E-state index is -4.33. The first-order valence-electron chi connectivity index (χ1n) is 6.95. The van der Waals surface area contributed by atoms with E-state index < -0.39 is 11.7 Å². The van der Waals surface area contributed by atoms with Crippen LogP contribution in [-0.2, 0) is 11.9 Å². The highest BCUT2D eigenvalue weighted by molar-refractivity contribution is 7.98. The van der Waals surface area contributed by atoms with Gasteiger partial charge >= 0.3 is 6.18 Å². The largest absolute Gasteiger partial charge is 0.416 e. The molecule has 0 N–H and O–H groups in total. The number of aromatic nitrogens is 4. The van der Waals surface area contributed by atoms with Gasteiger partial charge in [0.05, 0.1) is 11.3 Å². The maximum absolute atomic E-state index is 12.6. The zero-order chi connectivity index (χ0) is 16.4. The number of thioether (sulfide) groups is 1. The molecule has 2 heterocycles. The van der Waals surface area contributed by atoms with Crippen molar-refractivity contribution in [3.8, 4) is 10.6 Å². The molecule has 0 saturated heterocycles. The molecule has 0 unspecified atom stereocenters. The molecule has 0 fully saturated rings. The van der Waals surface area contributed by atoms with Crippen molar-refractivity contribution >= 4 is 28.1 Å². The number of hydrogen-bond donors (Lipinski definition) is 0. The van der Waals surface area contributed by atoms with Gasteiger partial charge < -0.3 is 0 Å². The number of benzene rings is 1. The Balaban J connectivity index is 1.86. The van der Waals surface area contributed by atoms with E-state index in [1.807, 2.05) is 0 Å². The summed E-state index contributed by atoms with van der Waals surface area (Å²) in [6.07, 6.45) is -3.25. The van der Waals surface area contributed by atoms with Gasteiger partial charge in [0.25, 0.3) is 0 Å². The van der Waals surface area contributed by atoms with Gasteiger partial charge in [0, 0.05) is 5.56 Å². The van der Waals surface area contributed by atoms with Crippen molar-refractivity contribution in [2.75, 3.05) is 5.75 Å². The van der Waals surface area contributed by atoms with Gasteiger partial charge in [-0.3, -0.25) is 0 Å². The molecule has 122 valence electrons. The van der Waals surface area contributed by atoms with E-state index in [1.165, 1.54) is 23.5 Å². The molecule has 3 rings (SSSR count). The van der Waals surface area contributed by atoms with Crippen LogP contribution in [0.15, 0.2) is 24.3 Å². The molecule has 0 amide bonds. The Bertz CT molecular complexity index is 793. The molecule has 0 aliphatic heterocycles. The number of alkyl halides is 3. The maximum atomic E-state index is 12.6. The van der Waals surface area contributed by atoms with Gasteiger partial charge in [0.15, 0.2) is 5.82 Å². The lowest BCUT2D eigenvalue weighted by molar-refractivity contribution is -0.137. The Labute approximate surface area is 138 Å². The minimum Gasteiger partial charge on any atom is -0.186 e. The topological polar surface area (TPSA) is 43.1 Å². The summed E-state index contributed by atoms with van der Waals surface area (Å²) in [7, 11) is 0. The Morgan fingerprint density at radius 1 is 1.17 bits per heavy atom. The first-order valence-corrected chi connectivity index (χ1v) is 8.92. The summed E-state index contributed by atoms with van der Waals surface area (Å²) in [5.74, 6) is 2.50. The zero-order valence-corrected chi connectivity index (χ0v) is 13.8. The lowest BCUT2D eigenvalue weighted by Gasteiger charge is -2.06. The summed E-state index contributed by atoms with van der Waals surface area (Å²) in [5, 5.41) is 13.2. The number of fused-ring (bicyclic) bond motifs is 1. The van der Waals surface area contributed by atoms with Crippen molar-refractivity contribution in [2.24, 2.45) is 0 Å². The van der Waals surface area contributed by atoms with Gasteiger partial charge in [-0.1, -0.05) is 30.4 Å². The van der Waals surface area contributed by atoms with E-state index >= 15 is 0 Å². The summed E-state index contributed by atoms with van der Waals surface area (Å²) in [4.78, 5) is 0.645. The standard InChI is InChI=1S/C14H13F3N4S2/c1-2-7-22-8-11-18-19-13-21(11)20-12(23-13)9-3-5-10(6-4-9)14(15,16)17/h3-6H,2,7-8H2,1H3. The van der Waals surface area contributed by atoms with Crippen molar-refractivity contribution in [1.82, 2.24) is 19.8 Å². The van der Waals surface area contributed by atoms with Crippen LogP contribution in [0.3, 0.4) is 0 Å². The number of rotatable bonds is 5. The molecule has 3 aromatic rings. The molecule has 0 saturated carbocycles. The van der Waals surface area contributed by atoms with Crippen LogP contribution in [-0.4, -0.2) is 25.6 Å². The minimum absolute atomic E-state index is 0.630. The van der Waals surface area contributed by atoms with E-state index in [4.69, 9.17) is 0 Å². The van der Waals surface area contributed by atoms with Gasteiger partial charge in [-0.2, -0.15) is 34.5 Å². The number of halogens is 3. The van der Waals surface area contributed by atoms with E-state index in [0.29, 0.717) is 21.3 Å². The first kappa shape index (κ1) is 16.3. The van der Waals surface area contributed by atoms with Crippen molar-refractivity contribution < 1.29 is 13.2 Å². The van der Waals surface area contributed by atoms with Crippen molar-refractivity contribution in [1.29, 1.82) is 0 Å². The number of nitrogens with zero attached hydrogens (tertiary/aromatic N) is 4. The second-order valence-electron chi connectivity index (χ2n) is 4.85. The molecular formula is C14H13F3N4S2. The van der Waals surface area contributed by atoms with Crippen LogP contribution in [0, 0.1) is 0 Å². The van der Waals surface area contributed by atoms with E-state index in [2.05, 4.69) is 22.2 Å². The molecular weight excluding hydrogens is 345 g/mol. The van der Waals surface area contributed by atoms with Crippen LogP contribution >= 0.6 is 23.1 Å². The predicted molar refractivity (Wildman–Crippen MR) is 85.5 cm³/mol.